The lowest BCUT2D eigenvalue weighted by Crippen LogP contribution is -2.61. The third-order valence-electron chi connectivity index (χ3n) is 16.7. The smallest absolute Gasteiger partial charge is 0.329 e. The average molecular weight is 1090 g/mol. The Kier molecular flexibility index (Phi) is 28.4. The van der Waals surface area contributed by atoms with E-state index in [9.17, 15) is 34.2 Å². The van der Waals surface area contributed by atoms with Crippen molar-refractivity contribution in [2.75, 3.05) is 54.3 Å². The van der Waals surface area contributed by atoms with Crippen molar-refractivity contribution in [1.29, 1.82) is 0 Å². The van der Waals surface area contributed by atoms with Crippen molar-refractivity contribution in [3.05, 3.63) is 47.6 Å². The largest absolute Gasteiger partial charge is 0.462 e. The minimum atomic E-state index is -2.44. The van der Waals surface area contributed by atoms with Gasteiger partial charge in [0.1, 0.15) is 30.5 Å². The number of Topliss-reactive ketones (excluding diaryl/α,β-unsaturated/α-hetero) is 2. The minimum absolute atomic E-state index is 0.00650. The highest BCUT2D eigenvalue weighted by molar-refractivity contribution is 6.39. The maximum absolute atomic E-state index is 14.9. The molecule has 4 rings (SSSR count). The van der Waals surface area contributed by atoms with Gasteiger partial charge in [0.15, 0.2) is 5.78 Å². The van der Waals surface area contributed by atoms with Crippen LogP contribution in [0.1, 0.15) is 159 Å². The Labute approximate surface area is 461 Å². The predicted octanol–water partition coefficient (Wildman–Crippen LogP) is 9.02. The number of hydrogen-bond acceptors (Lipinski definition) is 15. The van der Waals surface area contributed by atoms with Gasteiger partial charge in [-0.1, -0.05) is 84.9 Å². The van der Waals surface area contributed by atoms with Crippen molar-refractivity contribution in [2.24, 2.45) is 41.4 Å². The van der Waals surface area contributed by atoms with E-state index in [2.05, 4.69) is 6.92 Å². The molecular formula is C61H99NO15. The molecule has 2 saturated heterocycles. The molecule has 0 aromatic heterocycles. The first-order valence-corrected chi connectivity index (χ1v) is 29.0. The number of ketones is 2. The second-order valence-corrected chi connectivity index (χ2v) is 23.0. The molecule has 0 radical (unpaired) electrons. The summed E-state index contributed by atoms with van der Waals surface area (Å²) in [5.41, 5.74) is 1.33. The molecule has 1 amide bonds. The molecule has 3 aliphatic heterocycles. The molecule has 77 heavy (non-hydrogen) atoms. The van der Waals surface area contributed by atoms with Gasteiger partial charge in [0, 0.05) is 78.1 Å². The van der Waals surface area contributed by atoms with Crippen LogP contribution in [0, 0.1) is 41.4 Å². The summed E-state index contributed by atoms with van der Waals surface area (Å²) in [5, 5.41) is 24.0. The lowest BCUT2D eigenvalue weighted by atomic mass is 9.75. The molecule has 1 aliphatic carbocycles. The van der Waals surface area contributed by atoms with Crippen LogP contribution in [0.25, 0.3) is 0 Å². The van der Waals surface area contributed by atoms with E-state index in [1.807, 2.05) is 71.9 Å². The van der Waals surface area contributed by atoms with E-state index in [1.54, 1.807) is 34.1 Å². The molecule has 3 fully saturated rings. The van der Waals surface area contributed by atoms with Crippen LogP contribution in [0.2, 0.25) is 0 Å². The van der Waals surface area contributed by atoms with Crippen LogP contribution in [0.5, 0.6) is 0 Å². The molecular weight excluding hydrogens is 987 g/mol. The van der Waals surface area contributed by atoms with Gasteiger partial charge < -0.3 is 53.0 Å². The lowest BCUT2D eigenvalue weighted by Gasteiger charge is -2.43. The monoisotopic (exact) mass is 1090 g/mol. The first kappa shape index (κ1) is 65.9. The van der Waals surface area contributed by atoms with E-state index in [0.717, 1.165) is 31.3 Å². The number of carbonyl (C=O) groups is 5. The Bertz CT molecular complexity index is 1980. The zero-order valence-electron chi connectivity index (χ0n) is 48.9. The van der Waals surface area contributed by atoms with Crippen molar-refractivity contribution in [3.63, 3.8) is 0 Å². The van der Waals surface area contributed by atoms with Gasteiger partial charge in [0.25, 0.3) is 11.7 Å². The quantitative estimate of drug-likeness (QED) is 0.0641. The topological polar surface area (TPSA) is 203 Å². The van der Waals surface area contributed by atoms with E-state index in [0.29, 0.717) is 89.3 Å². The number of ether oxygens (including phenoxy) is 8. The summed E-state index contributed by atoms with van der Waals surface area (Å²) in [5.74, 6) is -7.35. The van der Waals surface area contributed by atoms with Crippen LogP contribution in [-0.4, -0.2) is 153 Å². The molecule has 2 bridgehead atoms. The van der Waals surface area contributed by atoms with Gasteiger partial charge in [0.05, 0.1) is 31.5 Å². The zero-order chi connectivity index (χ0) is 56.8. The van der Waals surface area contributed by atoms with Crippen molar-refractivity contribution >= 4 is 29.4 Å². The lowest BCUT2D eigenvalue weighted by molar-refractivity contribution is -0.265. The van der Waals surface area contributed by atoms with Gasteiger partial charge in [-0.25, -0.2) is 4.79 Å². The van der Waals surface area contributed by atoms with Crippen molar-refractivity contribution in [3.8, 4) is 0 Å². The predicted molar refractivity (Wildman–Crippen MR) is 294 cm³/mol. The van der Waals surface area contributed by atoms with E-state index in [4.69, 9.17) is 37.9 Å². The molecule has 16 heteroatoms. The molecule has 1 saturated carbocycles. The highest BCUT2D eigenvalue weighted by Crippen LogP contribution is 2.39. The third-order valence-corrected chi connectivity index (χ3v) is 16.7. The number of aliphatic hydroxyl groups excluding tert-OH is 1. The SMILES string of the molecule is CCCOCCOCCCC(=O)O[C@@H]1C[C@@H]([C@H](C)C[C@@H]2CC[C@@H](C)[C@H](OC)C2)OC(=O)[C@@H]2CCCCN2C(=O)C(=O)[C@]2(O)O[C@@H](CC[C@H]2C)C[C@H](OC)/C(C)=C/C=C/C=C/[C@@H](C)C[C@@H](C)C(=O)[C@H](OC)[C@H](O)/C(C)=C/[C@H]1C. The first-order chi connectivity index (χ1) is 36.7. The van der Waals surface area contributed by atoms with E-state index in [1.165, 1.54) is 12.0 Å². The summed E-state index contributed by atoms with van der Waals surface area (Å²) in [6, 6.07) is -1.14. The Hall–Kier alpha value is -3.61. The van der Waals surface area contributed by atoms with Gasteiger partial charge in [-0.3, -0.25) is 19.2 Å². The van der Waals surface area contributed by atoms with Gasteiger partial charge in [-0.15, -0.1) is 0 Å². The highest BCUT2D eigenvalue weighted by Gasteiger charge is 2.53. The molecule has 0 unspecified atom stereocenters. The number of rotatable bonds is 16. The van der Waals surface area contributed by atoms with Gasteiger partial charge in [-0.05, 0) is 126 Å². The Morgan fingerprint density at radius 1 is 0.818 bits per heavy atom. The maximum Gasteiger partial charge on any atom is 0.329 e. The van der Waals surface area contributed by atoms with E-state index >= 15 is 0 Å². The maximum atomic E-state index is 14.9. The van der Waals surface area contributed by atoms with Gasteiger partial charge in [0.2, 0.25) is 5.79 Å². The summed E-state index contributed by atoms with van der Waals surface area (Å²) < 4.78 is 47.9. The number of aliphatic hydroxyl groups is 2. The van der Waals surface area contributed by atoms with E-state index in [-0.39, 0.29) is 55.4 Å². The fourth-order valence-electron chi connectivity index (χ4n) is 11.7. The van der Waals surface area contributed by atoms with Crippen LogP contribution in [-0.2, 0) is 61.9 Å². The first-order valence-electron chi connectivity index (χ1n) is 29.0. The van der Waals surface area contributed by atoms with Crippen LogP contribution < -0.4 is 0 Å². The van der Waals surface area contributed by atoms with E-state index < -0.39 is 89.8 Å². The molecule has 0 aromatic carbocycles. The van der Waals surface area contributed by atoms with Crippen LogP contribution >= 0.6 is 0 Å². The molecule has 16 nitrogen and oxygen atoms in total. The Morgan fingerprint density at radius 3 is 2.23 bits per heavy atom. The summed E-state index contributed by atoms with van der Waals surface area (Å²) in [7, 11) is 4.73. The number of piperidine rings is 1. The number of carbonyl (C=O) groups excluding carboxylic acids is 5. The number of allylic oxidation sites excluding steroid dienone is 5. The fourth-order valence-corrected chi connectivity index (χ4v) is 11.7. The molecule has 438 valence electrons. The molecule has 4 aliphatic rings. The number of methoxy groups -OCH3 is 3. The summed E-state index contributed by atoms with van der Waals surface area (Å²) in [6.07, 6.45) is 14.2. The fraction of sp³-hybridized carbons (Fsp3) is 0.787. The van der Waals surface area contributed by atoms with Gasteiger partial charge in [-0.2, -0.15) is 0 Å². The van der Waals surface area contributed by atoms with Gasteiger partial charge >= 0.3 is 11.9 Å². The number of fused-ring (bicyclic) bond motifs is 3. The second kappa shape index (κ2) is 33.2. The normalized spacial score (nSPS) is 36.8. The minimum Gasteiger partial charge on any atom is -0.462 e. The number of amides is 1. The number of hydrogen-bond donors (Lipinski definition) is 2. The molecule has 0 spiro atoms. The average Bonchev–Trinajstić information content (AvgIpc) is 3.41. The second-order valence-electron chi connectivity index (χ2n) is 23.0. The molecule has 3 heterocycles. The molecule has 2 N–H and O–H groups in total. The van der Waals surface area contributed by atoms with Crippen molar-refractivity contribution in [2.45, 2.75) is 213 Å². The standard InChI is InChI=1S/C61H99NO15/c1-13-29-73-31-32-74-30-19-23-54(63)75-52-38-53(43(6)35-47-26-24-41(4)50(36-47)70-10)76-60(68)49-22-17-18-28-62(49)59(67)58(66)61(69)46(9)25-27-48(77-61)37-51(71-11)40(3)21-16-14-15-20-39(2)33-44(7)55(64)57(72-12)56(65)45(8)34-42(52)5/h14-16,20-21,34,39,41-44,46-53,56-57,65,69H,13,17-19,22-33,35-38H2,1-12H3/b16-14+,20-15+,40-21+,45-34+/t39-,41-,42-,43-,44-,46-,47+,48+,49+,50-,51+,52-,53+,56-,57+,61-/m1/s1. The van der Waals surface area contributed by atoms with Crippen molar-refractivity contribution < 1.29 is 72.1 Å². The number of cyclic esters (lactones) is 1. The summed E-state index contributed by atoms with van der Waals surface area (Å²) >= 11 is 0. The van der Waals surface area contributed by atoms with Crippen LogP contribution in [0.4, 0.5) is 0 Å². The highest BCUT2D eigenvalue weighted by atomic mass is 16.6. The summed E-state index contributed by atoms with van der Waals surface area (Å²) in [4.78, 5) is 73.0. The molecule has 0 aromatic rings. The number of esters is 2. The third kappa shape index (κ3) is 19.9. The van der Waals surface area contributed by atoms with Crippen molar-refractivity contribution in [1.82, 2.24) is 4.90 Å². The number of nitrogens with zero attached hydrogens (tertiary/aromatic N) is 1. The van der Waals surface area contributed by atoms with Crippen LogP contribution in [0.15, 0.2) is 47.6 Å². The Balaban J connectivity index is 1.77. The van der Waals surface area contributed by atoms with Crippen LogP contribution in [0.3, 0.4) is 0 Å². The summed E-state index contributed by atoms with van der Waals surface area (Å²) in [6.45, 7) is 19.2. The zero-order valence-corrected chi connectivity index (χ0v) is 48.9. The Morgan fingerprint density at radius 2 is 1.55 bits per heavy atom. The molecule has 16 atom stereocenters.